The molecule has 0 saturated carbocycles. The van der Waals surface area contributed by atoms with Gasteiger partial charge in [-0.15, -0.1) is 0 Å². The van der Waals surface area contributed by atoms with Crippen LogP contribution >= 0.6 is 7.82 Å². The molecule has 0 radical (unpaired) electrons. The van der Waals surface area contributed by atoms with Crippen LogP contribution in [0.4, 0.5) is 0 Å². The van der Waals surface area contributed by atoms with Crippen LogP contribution in [-0.2, 0) is 51.6 Å². The number of phosphoric ester groups is 1. The second-order valence-electron chi connectivity index (χ2n) is 6.39. The first-order valence-corrected chi connectivity index (χ1v) is 11.7. The largest absolute Gasteiger partial charge is 1.00 e. The van der Waals surface area contributed by atoms with Crippen molar-refractivity contribution in [3.8, 4) is 0 Å². The fourth-order valence-electron chi connectivity index (χ4n) is 1.95. The normalized spacial score (nSPS) is 14.2. The molecule has 0 fully saturated rings. The minimum Gasteiger partial charge on any atom is -0.756 e. The van der Waals surface area contributed by atoms with Gasteiger partial charge in [0.2, 0.25) is 0 Å². The number of carbonyl (C=O) groups is 2. The van der Waals surface area contributed by atoms with E-state index in [-0.39, 0.29) is 84.9 Å². The number of rotatable bonds is 22. The maximum Gasteiger partial charge on any atom is 1.00 e. The van der Waals surface area contributed by atoms with Crippen LogP contribution in [0.1, 0.15) is 13.8 Å². The molecule has 12 nitrogen and oxygen atoms in total. The molecule has 0 aliphatic rings. The van der Waals surface area contributed by atoms with Gasteiger partial charge in [-0.2, -0.15) is 0 Å². The molecule has 0 saturated heterocycles. The minimum absolute atomic E-state index is 0. The van der Waals surface area contributed by atoms with Crippen molar-refractivity contribution in [1.29, 1.82) is 0 Å². The Kier molecular flexibility index (Phi) is 23.2. The smallest absolute Gasteiger partial charge is 0.756 e. The zero-order valence-electron chi connectivity index (χ0n) is 20.1. The van der Waals surface area contributed by atoms with E-state index in [2.05, 4.69) is 22.2 Å². The predicted octanol–water partition coefficient (Wildman–Crippen LogP) is -2.21. The van der Waals surface area contributed by atoms with Crippen molar-refractivity contribution < 1.29 is 75.4 Å². The van der Waals surface area contributed by atoms with Crippen LogP contribution in [0.25, 0.3) is 0 Å². The number of phosphoric acid groups is 1. The summed E-state index contributed by atoms with van der Waals surface area (Å²) in [6.07, 6.45) is 1.29. The van der Waals surface area contributed by atoms with Crippen LogP contribution in [0.2, 0.25) is 0 Å². The molecule has 192 valence electrons. The molecule has 0 aliphatic heterocycles. The van der Waals surface area contributed by atoms with E-state index in [1.807, 2.05) is 0 Å². The SMILES string of the molecule is C=CC(=O)OC(C)COCCOCCOP(=O)([O-])OCCOCCOCC(C)OC(=O)C=C.[Li+]. The van der Waals surface area contributed by atoms with Crippen molar-refractivity contribution in [2.24, 2.45) is 0 Å². The van der Waals surface area contributed by atoms with Crippen molar-refractivity contribution in [1.82, 2.24) is 0 Å². The van der Waals surface area contributed by atoms with Crippen LogP contribution in [0, 0.1) is 0 Å². The summed E-state index contributed by atoms with van der Waals surface area (Å²) in [5.74, 6) is -1.06. The summed E-state index contributed by atoms with van der Waals surface area (Å²) in [7, 11) is -4.46. The Balaban J connectivity index is 0. The van der Waals surface area contributed by atoms with Crippen molar-refractivity contribution in [2.45, 2.75) is 26.1 Å². The van der Waals surface area contributed by atoms with Gasteiger partial charge in [0, 0.05) is 12.2 Å². The molecule has 2 unspecified atom stereocenters. The summed E-state index contributed by atoms with van der Waals surface area (Å²) >= 11 is 0. The molecule has 0 aromatic heterocycles. The zero-order valence-corrected chi connectivity index (χ0v) is 21.0. The fraction of sp³-hybridized carbons (Fsp3) is 0.700. The first-order valence-electron chi connectivity index (χ1n) is 10.3. The summed E-state index contributed by atoms with van der Waals surface area (Å²) in [6, 6.07) is 0. The van der Waals surface area contributed by atoms with Crippen molar-refractivity contribution in [3.05, 3.63) is 25.3 Å². The quantitative estimate of drug-likeness (QED) is 0.0518. The van der Waals surface area contributed by atoms with Gasteiger partial charge in [-0.1, -0.05) is 13.2 Å². The Bertz CT molecular complexity index is 570. The summed E-state index contributed by atoms with van der Waals surface area (Å²) in [6.45, 7) is 10.8. The molecule has 2 atom stereocenters. The molecule has 0 spiro atoms. The third-order valence-electron chi connectivity index (χ3n) is 3.37. The van der Waals surface area contributed by atoms with Crippen LogP contribution in [0.5, 0.6) is 0 Å². The number of esters is 2. The van der Waals surface area contributed by atoms with Crippen LogP contribution in [0.3, 0.4) is 0 Å². The Morgan fingerprint density at radius 2 is 1.06 bits per heavy atom. The Labute approximate surface area is 212 Å². The summed E-state index contributed by atoms with van der Waals surface area (Å²) in [4.78, 5) is 33.6. The molecule has 0 amide bonds. The zero-order chi connectivity index (χ0) is 25.0. The number of hydrogen-bond acceptors (Lipinski definition) is 12. The van der Waals surface area contributed by atoms with E-state index in [4.69, 9.17) is 28.4 Å². The average Bonchev–Trinajstić information content (AvgIpc) is 2.76. The Morgan fingerprint density at radius 1 is 0.735 bits per heavy atom. The molecule has 0 N–H and O–H groups in total. The van der Waals surface area contributed by atoms with Crippen LogP contribution in [0.15, 0.2) is 25.3 Å². The Hall–Kier alpha value is -1.03. The van der Waals surface area contributed by atoms with Crippen molar-refractivity contribution in [2.75, 3.05) is 66.1 Å². The van der Waals surface area contributed by atoms with Gasteiger partial charge >= 0.3 is 30.8 Å². The molecular weight excluding hydrogens is 470 g/mol. The van der Waals surface area contributed by atoms with E-state index >= 15 is 0 Å². The van der Waals surface area contributed by atoms with Crippen molar-refractivity contribution in [3.63, 3.8) is 0 Å². The van der Waals surface area contributed by atoms with Gasteiger partial charge < -0.3 is 42.4 Å². The first-order chi connectivity index (χ1) is 15.7. The monoisotopic (exact) mass is 504 g/mol. The first kappa shape index (κ1) is 35.1. The van der Waals surface area contributed by atoms with Gasteiger partial charge in [-0.05, 0) is 13.8 Å². The molecule has 34 heavy (non-hydrogen) atoms. The topological polar surface area (TPSA) is 148 Å². The van der Waals surface area contributed by atoms with E-state index in [1.54, 1.807) is 13.8 Å². The summed E-state index contributed by atoms with van der Waals surface area (Å²) < 4.78 is 51.6. The second kappa shape index (κ2) is 22.4. The van der Waals surface area contributed by atoms with Gasteiger partial charge in [0.05, 0.1) is 66.1 Å². The average molecular weight is 504 g/mol. The molecule has 0 heterocycles. The molecule has 0 aliphatic carbocycles. The number of hydrogen-bond donors (Lipinski definition) is 0. The minimum atomic E-state index is -4.46. The van der Waals surface area contributed by atoms with E-state index in [0.29, 0.717) is 0 Å². The van der Waals surface area contributed by atoms with E-state index in [1.165, 1.54) is 0 Å². The molecular formula is C20H34LiO12P. The molecule has 0 rings (SSSR count). The number of ether oxygens (including phenoxy) is 6. The Morgan fingerprint density at radius 3 is 1.41 bits per heavy atom. The molecule has 0 bridgehead atoms. The van der Waals surface area contributed by atoms with Crippen LogP contribution in [-0.4, -0.2) is 90.2 Å². The summed E-state index contributed by atoms with van der Waals surface area (Å²) in [5, 5.41) is 0. The van der Waals surface area contributed by atoms with Gasteiger partial charge in [0.1, 0.15) is 12.2 Å². The fourth-order valence-corrected chi connectivity index (χ4v) is 2.62. The van der Waals surface area contributed by atoms with E-state index < -0.39 is 32.0 Å². The number of carbonyl (C=O) groups excluding carboxylic acids is 2. The van der Waals surface area contributed by atoms with E-state index in [9.17, 15) is 19.0 Å². The van der Waals surface area contributed by atoms with Gasteiger partial charge in [-0.25, -0.2) is 9.59 Å². The second-order valence-corrected chi connectivity index (χ2v) is 7.80. The van der Waals surface area contributed by atoms with E-state index in [0.717, 1.165) is 12.2 Å². The third-order valence-corrected chi connectivity index (χ3v) is 4.37. The standard InChI is InChI=1S/C20H35O12P.Li/c1-5-19(21)31-17(3)15-27-9-7-25-11-13-29-33(23,24)30-14-12-26-8-10-28-16-18(4)32-20(22)6-2;/h5-6,17-18H,1-2,7-16H2,3-4H3,(H,23,24);/q;+1/p-1. The van der Waals surface area contributed by atoms with Crippen LogP contribution < -0.4 is 23.8 Å². The molecule has 14 heteroatoms. The van der Waals surface area contributed by atoms with Crippen molar-refractivity contribution >= 4 is 19.8 Å². The van der Waals surface area contributed by atoms with Gasteiger partial charge in [0.15, 0.2) is 0 Å². The molecule has 0 aromatic rings. The predicted molar refractivity (Wildman–Crippen MR) is 114 cm³/mol. The van der Waals surface area contributed by atoms with Gasteiger partial charge in [0.25, 0.3) is 7.82 Å². The van der Waals surface area contributed by atoms with Gasteiger partial charge in [-0.3, -0.25) is 4.57 Å². The third kappa shape index (κ3) is 22.7. The summed E-state index contributed by atoms with van der Waals surface area (Å²) in [5.41, 5.74) is 0. The maximum absolute atomic E-state index is 11.6. The molecule has 0 aromatic carbocycles. The maximum atomic E-state index is 11.6.